The molecule has 7 nitrogen and oxygen atoms in total. The van der Waals surface area contributed by atoms with Gasteiger partial charge in [0.2, 0.25) is 11.8 Å². The van der Waals surface area contributed by atoms with Crippen LogP contribution in [0.3, 0.4) is 0 Å². The Morgan fingerprint density at radius 3 is 2.24 bits per heavy atom. The molecular weight excluding hydrogens is 464 g/mol. The van der Waals surface area contributed by atoms with Gasteiger partial charge in [0.25, 0.3) is 0 Å². The maximum Gasteiger partial charge on any atom is 0.243 e. The number of hydrogen-bond donors (Lipinski definition) is 1. The zero-order chi connectivity index (χ0) is 25.1. The van der Waals surface area contributed by atoms with Gasteiger partial charge in [-0.3, -0.25) is 4.79 Å². The normalized spacial score (nSPS) is 32.3. The van der Waals surface area contributed by atoms with Crippen LogP contribution in [0.1, 0.15) is 133 Å². The first-order valence-electron chi connectivity index (χ1n) is 15.7. The summed E-state index contributed by atoms with van der Waals surface area (Å²) >= 11 is 0. The van der Waals surface area contributed by atoms with Gasteiger partial charge in [0, 0.05) is 43.7 Å². The third-order valence-electron chi connectivity index (χ3n) is 10.2. The van der Waals surface area contributed by atoms with E-state index < -0.39 is 0 Å². The first kappa shape index (κ1) is 25.8. The van der Waals surface area contributed by atoms with Crippen molar-refractivity contribution in [2.24, 2.45) is 17.8 Å². The minimum atomic E-state index is 0.141. The van der Waals surface area contributed by atoms with E-state index in [2.05, 4.69) is 15.4 Å². The lowest BCUT2D eigenvalue weighted by atomic mass is 9.69. The summed E-state index contributed by atoms with van der Waals surface area (Å²) in [7, 11) is 0. The van der Waals surface area contributed by atoms with Crippen molar-refractivity contribution < 1.29 is 14.1 Å². The van der Waals surface area contributed by atoms with Gasteiger partial charge in [-0.05, 0) is 69.6 Å². The molecule has 0 aromatic carbocycles. The fraction of sp³-hybridized carbons (Fsp3) is 0.900. The van der Waals surface area contributed by atoms with E-state index in [1.54, 1.807) is 0 Å². The predicted octanol–water partition coefficient (Wildman–Crippen LogP) is 5.92. The predicted molar refractivity (Wildman–Crippen MR) is 142 cm³/mol. The molecule has 1 aromatic heterocycles. The molecule has 6 rings (SSSR count). The SMILES string of the molecule is O=C(C1CC1)N1CCC(c2noc(C3CC(C4CCOC4)CC4(CCCCCCCCCC4)N3)n2)CC1. The molecule has 206 valence electrons. The van der Waals surface area contributed by atoms with Crippen molar-refractivity contribution in [3.05, 3.63) is 11.7 Å². The molecule has 5 aliphatic rings. The van der Waals surface area contributed by atoms with Crippen molar-refractivity contribution >= 4 is 5.91 Å². The molecule has 2 saturated carbocycles. The Labute approximate surface area is 222 Å². The van der Waals surface area contributed by atoms with Gasteiger partial charge >= 0.3 is 0 Å². The van der Waals surface area contributed by atoms with Crippen LogP contribution in [-0.2, 0) is 9.53 Å². The molecule has 1 N–H and O–H groups in total. The number of nitrogens with zero attached hydrogens (tertiary/aromatic N) is 3. The van der Waals surface area contributed by atoms with Gasteiger partial charge in [0.15, 0.2) is 5.82 Å². The third kappa shape index (κ3) is 6.24. The van der Waals surface area contributed by atoms with Crippen molar-refractivity contribution in [3.63, 3.8) is 0 Å². The van der Waals surface area contributed by atoms with Gasteiger partial charge in [-0.15, -0.1) is 0 Å². The topological polar surface area (TPSA) is 80.5 Å². The van der Waals surface area contributed by atoms with E-state index in [1.807, 2.05) is 0 Å². The molecule has 1 amide bonds. The lowest BCUT2D eigenvalue weighted by Crippen LogP contribution is -2.53. The third-order valence-corrected chi connectivity index (χ3v) is 10.2. The van der Waals surface area contributed by atoms with Crippen LogP contribution < -0.4 is 5.32 Å². The zero-order valence-electron chi connectivity index (χ0n) is 22.8. The Kier molecular flexibility index (Phi) is 8.18. The fourth-order valence-corrected chi connectivity index (χ4v) is 7.78. The second-order valence-electron chi connectivity index (χ2n) is 13.0. The lowest BCUT2D eigenvalue weighted by Gasteiger charge is -2.47. The number of hydrogen-bond acceptors (Lipinski definition) is 6. The number of ether oxygens (including phenoxy) is 1. The maximum absolute atomic E-state index is 12.5. The number of carbonyl (C=O) groups is 1. The van der Waals surface area contributed by atoms with Crippen molar-refractivity contribution in [2.75, 3.05) is 26.3 Å². The Balaban J connectivity index is 1.15. The minimum Gasteiger partial charge on any atom is -0.381 e. The van der Waals surface area contributed by atoms with Crippen molar-refractivity contribution in [1.82, 2.24) is 20.4 Å². The number of carbonyl (C=O) groups excluding carboxylic acids is 1. The highest BCUT2D eigenvalue weighted by Gasteiger charge is 2.45. The molecule has 1 aromatic rings. The summed E-state index contributed by atoms with van der Waals surface area (Å²) in [5, 5.41) is 8.65. The van der Waals surface area contributed by atoms with Crippen molar-refractivity contribution in [3.8, 4) is 0 Å². The molecule has 5 fully saturated rings. The lowest BCUT2D eigenvalue weighted by molar-refractivity contribution is -0.133. The van der Waals surface area contributed by atoms with Gasteiger partial charge in [0.1, 0.15) is 0 Å². The Morgan fingerprint density at radius 1 is 0.892 bits per heavy atom. The van der Waals surface area contributed by atoms with Gasteiger partial charge in [-0.25, -0.2) is 0 Å². The molecule has 3 unspecified atom stereocenters. The number of piperidine rings is 2. The average molecular weight is 513 g/mol. The molecule has 4 heterocycles. The first-order valence-corrected chi connectivity index (χ1v) is 15.7. The fourth-order valence-electron chi connectivity index (χ4n) is 7.78. The van der Waals surface area contributed by atoms with Gasteiger partial charge in [0.05, 0.1) is 6.04 Å². The average Bonchev–Trinajstić information content (AvgIpc) is 3.40. The molecule has 0 bridgehead atoms. The molecule has 1 spiro atoms. The summed E-state index contributed by atoms with van der Waals surface area (Å²) in [6.45, 7) is 3.50. The van der Waals surface area contributed by atoms with E-state index in [4.69, 9.17) is 14.2 Å². The highest BCUT2D eigenvalue weighted by Crippen LogP contribution is 2.45. The minimum absolute atomic E-state index is 0.141. The number of rotatable bonds is 4. The summed E-state index contributed by atoms with van der Waals surface area (Å²) in [6, 6.07) is 0.141. The highest BCUT2D eigenvalue weighted by atomic mass is 16.5. The molecule has 3 saturated heterocycles. The summed E-state index contributed by atoms with van der Waals surface area (Å²) in [6.07, 6.45) is 21.1. The molecule has 2 aliphatic carbocycles. The van der Waals surface area contributed by atoms with Crippen LogP contribution in [0.15, 0.2) is 4.52 Å². The van der Waals surface area contributed by atoms with Crippen LogP contribution in [0, 0.1) is 17.8 Å². The van der Waals surface area contributed by atoms with Crippen LogP contribution >= 0.6 is 0 Å². The standard InChI is InChI=1S/C30H48N4O3/c35-29(23-9-10-23)34-16-11-22(12-17-34)27-31-28(37-33-27)26-19-25(24-13-18-36-21-24)20-30(32-26)14-7-5-3-1-2-4-6-8-15-30/h22-26,32H,1-21H2. The summed E-state index contributed by atoms with van der Waals surface area (Å²) in [4.78, 5) is 19.6. The Morgan fingerprint density at radius 2 is 1.59 bits per heavy atom. The Bertz CT molecular complexity index is 873. The summed E-state index contributed by atoms with van der Waals surface area (Å²) in [5.74, 6) is 3.95. The Hall–Kier alpha value is -1.47. The largest absolute Gasteiger partial charge is 0.381 e. The summed E-state index contributed by atoms with van der Waals surface area (Å²) in [5.41, 5.74) is 0.184. The second kappa shape index (κ2) is 11.7. The van der Waals surface area contributed by atoms with Crippen molar-refractivity contribution in [1.29, 1.82) is 0 Å². The van der Waals surface area contributed by atoms with Crippen LogP contribution in [-0.4, -0.2) is 52.8 Å². The van der Waals surface area contributed by atoms with E-state index in [0.717, 1.165) is 70.1 Å². The first-order chi connectivity index (χ1) is 18.2. The summed E-state index contributed by atoms with van der Waals surface area (Å²) < 4.78 is 11.9. The van der Waals surface area contributed by atoms with Crippen LogP contribution in [0.2, 0.25) is 0 Å². The molecule has 37 heavy (non-hydrogen) atoms. The van der Waals surface area contributed by atoms with Gasteiger partial charge < -0.3 is 19.5 Å². The molecule has 3 atom stereocenters. The van der Waals surface area contributed by atoms with Crippen LogP contribution in [0.4, 0.5) is 0 Å². The van der Waals surface area contributed by atoms with E-state index in [9.17, 15) is 4.79 Å². The zero-order valence-corrected chi connectivity index (χ0v) is 22.8. The maximum atomic E-state index is 12.5. The number of aromatic nitrogens is 2. The molecule has 3 aliphatic heterocycles. The number of nitrogens with one attached hydrogen (secondary N) is 1. The monoisotopic (exact) mass is 512 g/mol. The van der Waals surface area contributed by atoms with Gasteiger partial charge in [-0.2, -0.15) is 4.98 Å². The van der Waals surface area contributed by atoms with E-state index in [1.165, 1.54) is 77.0 Å². The van der Waals surface area contributed by atoms with E-state index in [-0.39, 0.29) is 11.6 Å². The molecule has 0 radical (unpaired) electrons. The smallest absolute Gasteiger partial charge is 0.243 e. The quantitative estimate of drug-likeness (QED) is 0.540. The van der Waals surface area contributed by atoms with E-state index >= 15 is 0 Å². The number of amides is 1. The number of likely N-dealkylation sites (tertiary alicyclic amines) is 1. The highest BCUT2D eigenvalue weighted by molar-refractivity contribution is 5.81. The van der Waals surface area contributed by atoms with Crippen LogP contribution in [0.25, 0.3) is 0 Å². The van der Waals surface area contributed by atoms with Crippen molar-refractivity contribution in [2.45, 2.75) is 127 Å². The van der Waals surface area contributed by atoms with Crippen LogP contribution in [0.5, 0.6) is 0 Å². The van der Waals surface area contributed by atoms with E-state index in [0.29, 0.717) is 29.6 Å². The van der Waals surface area contributed by atoms with Gasteiger partial charge in [-0.1, -0.05) is 56.5 Å². The second-order valence-corrected chi connectivity index (χ2v) is 13.0. The molecular formula is C30H48N4O3. The molecule has 7 heteroatoms.